The van der Waals surface area contributed by atoms with Crippen LogP contribution in [0, 0.1) is 0 Å². The molecule has 0 spiro atoms. The highest BCUT2D eigenvalue weighted by Crippen LogP contribution is 2.33. The molecule has 0 aliphatic rings. The second kappa shape index (κ2) is 5.37. The molecule has 1 aromatic carbocycles. The molecule has 1 rings (SSSR count). The molecular formula is C10H7F6NO2. The Morgan fingerprint density at radius 2 is 1.47 bits per heavy atom. The van der Waals surface area contributed by atoms with Gasteiger partial charge in [0.25, 0.3) is 0 Å². The number of carbonyl (C=O) groups is 1. The average molecular weight is 287 g/mol. The molecule has 9 heteroatoms. The first-order chi connectivity index (χ1) is 8.60. The molecule has 1 amide bonds. The molecule has 0 bridgehead atoms. The number of amides is 1. The van der Waals surface area contributed by atoms with Gasteiger partial charge in [0, 0.05) is 0 Å². The number of halogens is 6. The van der Waals surface area contributed by atoms with Crippen LogP contribution in [0.3, 0.4) is 0 Å². The maximum absolute atomic E-state index is 12.1. The summed E-state index contributed by atoms with van der Waals surface area (Å²) in [6, 6.07) is 2.75. The maximum atomic E-state index is 12.1. The minimum Gasteiger partial charge on any atom is -0.410 e. The van der Waals surface area contributed by atoms with E-state index in [0.29, 0.717) is 0 Å². The summed E-state index contributed by atoms with van der Waals surface area (Å²) in [5.41, 5.74) is 0. The first kappa shape index (κ1) is 15.1. The maximum Gasteiger partial charge on any atom is 0.417 e. The fourth-order valence-corrected chi connectivity index (χ4v) is 1.09. The fraction of sp³-hybridized carbons (Fsp3) is 0.300. The monoisotopic (exact) mass is 287 g/mol. The highest BCUT2D eigenvalue weighted by atomic mass is 19.4. The van der Waals surface area contributed by atoms with E-state index >= 15 is 0 Å². The molecule has 0 heterocycles. The second-order valence-corrected chi connectivity index (χ2v) is 3.36. The van der Waals surface area contributed by atoms with Crippen molar-refractivity contribution < 1.29 is 35.9 Å². The molecule has 0 fully saturated rings. The number of hydrogen-bond donors (Lipinski definition) is 1. The topological polar surface area (TPSA) is 38.3 Å². The summed E-state index contributed by atoms with van der Waals surface area (Å²) < 4.78 is 77.0. The fourth-order valence-electron chi connectivity index (χ4n) is 1.09. The summed E-state index contributed by atoms with van der Waals surface area (Å²) in [5.74, 6) is -0.178. The highest BCUT2D eigenvalue weighted by Gasteiger charge is 2.57. The summed E-state index contributed by atoms with van der Waals surface area (Å²) in [6.07, 6.45) is -13.2. The summed E-state index contributed by atoms with van der Waals surface area (Å²) in [5, 5.41) is 0.734. The Kier molecular flexibility index (Phi) is 4.28. The molecule has 0 atom stereocenters. The Labute approximate surface area is 103 Å². The van der Waals surface area contributed by atoms with Crippen LogP contribution in [0.1, 0.15) is 0 Å². The SMILES string of the molecule is O=C(NC(C(F)(F)F)C(F)(F)F)Oc1ccccc1. The van der Waals surface area contributed by atoms with Crippen LogP contribution in [-0.2, 0) is 0 Å². The number of rotatable bonds is 2. The van der Waals surface area contributed by atoms with Crippen molar-refractivity contribution in [2.75, 3.05) is 0 Å². The Balaban J connectivity index is 2.73. The molecule has 1 N–H and O–H groups in total. The van der Waals surface area contributed by atoms with Gasteiger partial charge < -0.3 is 10.1 Å². The average Bonchev–Trinajstić information content (AvgIpc) is 2.24. The number of hydrogen-bond acceptors (Lipinski definition) is 2. The molecule has 3 nitrogen and oxygen atoms in total. The molecule has 1 aromatic rings. The van der Waals surface area contributed by atoms with Crippen LogP contribution >= 0.6 is 0 Å². The first-order valence-electron chi connectivity index (χ1n) is 4.77. The molecule has 0 unspecified atom stereocenters. The standard InChI is InChI=1S/C10H7F6NO2/c11-9(12,13)7(10(14,15)16)17-8(18)19-6-4-2-1-3-5-6/h1-5,7H,(H,17,18). The number of carbonyl (C=O) groups excluding carboxylic acids is 1. The van der Waals surface area contributed by atoms with Gasteiger partial charge in [0.2, 0.25) is 6.04 Å². The van der Waals surface area contributed by atoms with Gasteiger partial charge in [-0.15, -0.1) is 0 Å². The lowest BCUT2D eigenvalue weighted by Crippen LogP contribution is -2.55. The van der Waals surface area contributed by atoms with E-state index in [4.69, 9.17) is 0 Å². The third-order valence-electron chi connectivity index (χ3n) is 1.87. The zero-order chi connectivity index (χ0) is 14.7. The number of nitrogens with one attached hydrogen (secondary N) is 1. The quantitative estimate of drug-likeness (QED) is 0.848. The van der Waals surface area contributed by atoms with Gasteiger partial charge >= 0.3 is 18.4 Å². The van der Waals surface area contributed by atoms with Gasteiger partial charge in [-0.1, -0.05) is 18.2 Å². The van der Waals surface area contributed by atoms with E-state index < -0.39 is 24.5 Å². The summed E-state index contributed by atoms with van der Waals surface area (Å²) in [7, 11) is 0. The van der Waals surface area contributed by atoms with E-state index in [1.54, 1.807) is 0 Å². The first-order valence-corrected chi connectivity index (χ1v) is 4.77. The van der Waals surface area contributed by atoms with Gasteiger partial charge in [-0.3, -0.25) is 0 Å². The van der Waals surface area contributed by atoms with Crippen LogP contribution in [0.5, 0.6) is 5.75 Å². The van der Waals surface area contributed by atoms with Crippen LogP contribution in [0.15, 0.2) is 30.3 Å². The number of alkyl halides is 6. The van der Waals surface area contributed by atoms with E-state index in [2.05, 4.69) is 4.74 Å². The molecule has 0 saturated carbocycles. The van der Waals surface area contributed by atoms with E-state index in [9.17, 15) is 31.1 Å². The van der Waals surface area contributed by atoms with E-state index in [-0.39, 0.29) is 5.75 Å². The van der Waals surface area contributed by atoms with Gasteiger partial charge in [0.15, 0.2) is 0 Å². The number of para-hydroxylation sites is 1. The third kappa shape index (κ3) is 4.68. The third-order valence-corrected chi connectivity index (χ3v) is 1.87. The number of benzene rings is 1. The Hall–Kier alpha value is -1.93. The van der Waals surface area contributed by atoms with Crippen molar-refractivity contribution in [1.82, 2.24) is 5.32 Å². The molecule has 0 aromatic heterocycles. The summed E-state index contributed by atoms with van der Waals surface area (Å²) >= 11 is 0. The molecule has 0 saturated heterocycles. The van der Waals surface area contributed by atoms with Gasteiger partial charge in [-0.2, -0.15) is 26.3 Å². The van der Waals surface area contributed by atoms with Crippen molar-refractivity contribution in [3.05, 3.63) is 30.3 Å². The number of ether oxygens (including phenoxy) is 1. The molecule has 106 valence electrons. The molecule has 19 heavy (non-hydrogen) atoms. The molecule has 0 radical (unpaired) electrons. The summed E-state index contributed by atoms with van der Waals surface area (Å²) in [6.45, 7) is 0. The Morgan fingerprint density at radius 1 is 1.00 bits per heavy atom. The molecule has 0 aliphatic carbocycles. The predicted molar refractivity (Wildman–Crippen MR) is 51.5 cm³/mol. The smallest absolute Gasteiger partial charge is 0.410 e. The van der Waals surface area contributed by atoms with Gasteiger partial charge in [-0.05, 0) is 12.1 Å². The highest BCUT2D eigenvalue weighted by molar-refractivity contribution is 5.70. The van der Waals surface area contributed by atoms with Crippen molar-refractivity contribution in [1.29, 1.82) is 0 Å². The van der Waals surface area contributed by atoms with Gasteiger partial charge in [0.05, 0.1) is 0 Å². The van der Waals surface area contributed by atoms with Crippen LogP contribution in [0.25, 0.3) is 0 Å². The minimum atomic E-state index is -5.66. The van der Waals surface area contributed by atoms with Crippen molar-refractivity contribution >= 4 is 6.09 Å². The lowest BCUT2D eigenvalue weighted by molar-refractivity contribution is -0.255. The normalized spacial score (nSPS) is 12.4. The van der Waals surface area contributed by atoms with E-state index in [1.165, 1.54) is 30.3 Å². The Morgan fingerprint density at radius 3 is 1.89 bits per heavy atom. The second-order valence-electron chi connectivity index (χ2n) is 3.36. The van der Waals surface area contributed by atoms with Crippen LogP contribution < -0.4 is 10.1 Å². The molecule has 0 aliphatic heterocycles. The van der Waals surface area contributed by atoms with Crippen LogP contribution in [0.4, 0.5) is 31.1 Å². The molecular weight excluding hydrogens is 280 g/mol. The van der Waals surface area contributed by atoms with Crippen molar-refractivity contribution in [2.45, 2.75) is 18.4 Å². The zero-order valence-corrected chi connectivity index (χ0v) is 9.05. The van der Waals surface area contributed by atoms with E-state index in [1.807, 2.05) is 0 Å². The van der Waals surface area contributed by atoms with Gasteiger partial charge in [0.1, 0.15) is 5.75 Å². The van der Waals surface area contributed by atoms with Crippen molar-refractivity contribution in [2.24, 2.45) is 0 Å². The van der Waals surface area contributed by atoms with Crippen LogP contribution in [0.2, 0.25) is 0 Å². The van der Waals surface area contributed by atoms with E-state index in [0.717, 1.165) is 5.32 Å². The minimum absolute atomic E-state index is 0.178. The van der Waals surface area contributed by atoms with Crippen molar-refractivity contribution in [3.63, 3.8) is 0 Å². The zero-order valence-electron chi connectivity index (χ0n) is 9.05. The summed E-state index contributed by atoms with van der Waals surface area (Å²) in [4.78, 5) is 11.0. The van der Waals surface area contributed by atoms with Crippen molar-refractivity contribution in [3.8, 4) is 5.75 Å². The lowest BCUT2D eigenvalue weighted by atomic mass is 10.3. The van der Waals surface area contributed by atoms with Crippen LogP contribution in [-0.4, -0.2) is 24.5 Å². The predicted octanol–water partition coefficient (Wildman–Crippen LogP) is 3.27. The lowest BCUT2D eigenvalue weighted by Gasteiger charge is -2.23. The van der Waals surface area contributed by atoms with Gasteiger partial charge in [-0.25, -0.2) is 4.79 Å². The Bertz CT molecular complexity index is 414. The largest absolute Gasteiger partial charge is 0.417 e.